The van der Waals surface area contributed by atoms with Crippen molar-refractivity contribution in [1.29, 1.82) is 0 Å². The Morgan fingerprint density at radius 2 is 1.90 bits per heavy atom. The minimum Gasteiger partial charge on any atom is -0.496 e. The fourth-order valence-electron chi connectivity index (χ4n) is 3.20. The summed E-state index contributed by atoms with van der Waals surface area (Å²) in [6.07, 6.45) is 2.13. The van der Waals surface area contributed by atoms with Crippen LogP contribution in [0.1, 0.15) is 31.7 Å². The van der Waals surface area contributed by atoms with Gasteiger partial charge in [0.15, 0.2) is 0 Å². The number of amides is 2. The fraction of sp³-hybridized carbons (Fsp3) is 0.318. The molecule has 29 heavy (non-hydrogen) atoms. The predicted molar refractivity (Wildman–Crippen MR) is 113 cm³/mol. The molecule has 2 amide bonds. The van der Waals surface area contributed by atoms with Gasteiger partial charge >= 0.3 is 0 Å². The number of nitrogens with zero attached hydrogens (tertiary/aromatic N) is 1. The van der Waals surface area contributed by atoms with E-state index < -0.39 is 6.04 Å². The maximum atomic E-state index is 12.7. The number of ether oxygens (including phenoxy) is 1. The number of nitrogens with one attached hydrogen (secondary N) is 3. The summed E-state index contributed by atoms with van der Waals surface area (Å²) >= 11 is 0. The third-order valence-corrected chi connectivity index (χ3v) is 4.67. The van der Waals surface area contributed by atoms with Gasteiger partial charge in [-0.3, -0.25) is 14.9 Å². The zero-order chi connectivity index (χ0) is 20.6. The molecule has 0 spiro atoms. The lowest BCUT2D eigenvalue weighted by molar-refractivity contribution is -0.126. The average molecular weight is 394 g/mol. The lowest BCUT2D eigenvalue weighted by Crippen LogP contribution is -2.44. The largest absolute Gasteiger partial charge is 0.496 e. The van der Waals surface area contributed by atoms with Crippen molar-refractivity contribution < 1.29 is 14.3 Å². The number of imidazole rings is 1. The molecule has 0 aliphatic carbocycles. The molecule has 0 radical (unpaired) electrons. The van der Waals surface area contributed by atoms with E-state index in [1.807, 2.05) is 55.5 Å². The van der Waals surface area contributed by atoms with Crippen LogP contribution in [0, 0.1) is 0 Å². The van der Waals surface area contributed by atoms with Crippen LogP contribution in [-0.4, -0.2) is 34.9 Å². The molecular weight excluding hydrogens is 368 g/mol. The van der Waals surface area contributed by atoms with Crippen molar-refractivity contribution >= 4 is 28.8 Å². The van der Waals surface area contributed by atoms with Crippen LogP contribution in [0.25, 0.3) is 11.0 Å². The highest BCUT2D eigenvalue weighted by atomic mass is 16.5. The molecule has 0 fully saturated rings. The number of para-hydroxylation sites is 3. The number of hydrogen-bond acceptors (Lipinski definition) is 4. The lowest BCUT2D eigenvalue weighted by atomic mass is 10.1. The van der Waals surface area contributed by atoms with Crippen LogP contribution in [-0.2, 0) is 16.0 Å². The molecule has 0 aliphatic rings. The van der Waals surface area contributed by atoms with Crippen molar-refractivity contribution in [3.05, 3.63) is 54.1 Å². The zero-order valence-corrected chi connectivity index (χ0v) is 16.7. The summed E-state index contributed by atoms with van der Waals surface area (Å²) in [5.74, 6) is 0.680. The normalized spacial score (nSPS) is 11.8. The Morgan fingerprint density at radius 3 is 2.66 bits per heavy atom. The number of H-pyrrole nitrogens is 1. The average Bonchev–Trinajstić information content (AvgIpc) is 3.14. The van der Waals surface area contributed by atoms with E-state index in [1.54, 1.807) is 7.11 Å². The van der Waals surface area contributed by atoms with Gasteiger partial charge in [0, 0.05) is 6.42 Å². The van der Waals surface area contributed by atoms with Crippen molar-refractivity contribution in [3.8, 4) is 5.75 Å². The molecule has 3 aromatic rings. The fourth-order valence-corrected chi connectivity index (χ4v) is 3.20. The van der Waals surface area contributed by atoms with Gasteiger partial charge in [-0.2, -0.15) is 0 Å². The Labute approximate surface area is 169 Å². The van der Waals surface area contributed by atoms with Gasteiger partial charge in [-0.1, -0.05) is 43.7 Å². The number of fused-ring (bicyclic) bond motifs is 1. The first kappa shape index (κ1) is 20.4. The van der Waals surface area contributed by atoms with E-state index in [0.717, 1.165) is 28.8 Å². The minimum atomic E-state index is -0.613. The molecule has 0 saturated heterocycles. The summed E-state index contributed by atoms with van der Waals surface area (Å²) in [4.78, 5) is 32.5. The highest BCUT2D eigenvalue weighted by Gasteiger charge is 2.21. The number of carbonyl (C=O) groups excluding carboxylic acids is 2. The Bertz CT molecular complexity index is 950. The monoisotopic (exact) mass is 394 g/mol. The number of aryl methyl sites for hydroxylation is 1. The summed E-state index contributed by atoms with van der Waals surface area (Å²) < 4.78 is 5.32. The van der Waals surface area contributed by atoms with Crippen LogP contribution >= 0.6 is 0 Å². The molecule has 1 heterocycles. The smallest absolute Gasteiger partial charge is 0.249 e. The van der Waals surface area contributed by atoms with Crippen LogP contribution in [0.4, 0.5) is 5.95 Å². The number of methoxy groups -OCH3 is 1. The SMILES string of the molecule is CCC[C@H](NC(=O)CCc1ccccc1OC)C(=O)Nc1nc2ccccc2[nH]1. The number of aromatic nitrogens is 2. The van der Waals surface area contributed by atoms with Gasteiger partial charge < -0.3 is 15.0 Å². The first-order chi connectivity index (χ1) is 14.1. The second kappa shape index (κ2) is 9.73. The molecule has 0 bridgehead atoms. The number of carbonyl (C=O) groups is 2. The van der Waals surface area contributed by atoms with Crippen molar-refractivity contribution in [3.63, 3.8) is 0 Å². The van der Waals surface area contributed by atoms with Gasteiger partial charge in [-0.05, 0) is 36.6 Å². The molecular formula is C22H26N4O3. The first-order valence-electron chi connectivity index (χ1n) is 9.77. The maximum absolute atomic E-state index is 12.7. The van der Waals surface area contributed by atoms with Crippen LogP contribution in [0.2, 0.25) is 0 Å². The van der Waals surface area contributed by atoms with E-state index in [2.05, 4.69) is 20.6 Å². The molecule has 0 saturated carbocycles. The number of benzene rings is 2. The van der Waals surface area contributed by atoms with Gasteiger partial charge in [0.2, 0.25) is 17.8 Å². The van der Waals surface area contributed by atoms with Crippen molar-refractivity contribution in [2.75, 3.05) is 12.4 Å². The van der Waals surface area contributed by atoms with E-state index in [4.69, 9.17) is 4.74 Å². The molecule has 2 aromatic carbocycles. The third-order valence-electron chi connectivity index (χ3n) is 4.67. The van der Waals surface area contributed by atoms with Gasteiger partial charge in [0.1, 0.15) is 11.8 Å². The third kappa shape index (κ3) is 5.34. The molecule has 0 unspecified atom stereocenters. The van der Waals surface area contributed by atoms with Crippen LogP contribution in [0.15, 0.2) is 48.5 Å². The predicted octanol–water partition coefficient (Wildman–Crippen LogP) is 3.43. The highest BCUT2D eigenvalue weighted by Crippen LogP contribution is 2.19. The van der Waals surface area contributed by atoms with Gasteiger partial charge in [0.05, 0.1) is 18.1 Å². The standard InChI is InChI=1S/C22H26N4O3/c1-3-8-18(21(28)26-22-24-16-10-5-6-11-17(16)25-22)23-20(27)14-13-15-9-4-7-12-19(15)29-2/h4-7,9-12,18H,3,8,13-14H2,1-2H3,(H,23,27)(H2,24,25,26,28)/t18-/m0/s1. The van der Waals surface area contributed by atoms with Crippen LogP contribution in [0.3, 0.4) is 0 Å². The van der Waals surface area contributed by atoms with Crippen molar-refractivity contribution in [1.82, 2.24) is 15.3 Å². The van der Waals surface area contributed by atoms with Gasteiger partial charge in [0.25, 0.3) is 0 Å². The maximum Gasteiger partial charge on any atom is 0.249 e. The molecule has 3 rings (SSSR count). The lowest BCUT2D eigenvalue weighted by Gasteiger charge is -2.17. The molecule has 7 nitrogen and oxygen atoms in total. The summed E-state index contributed by atoms with van der Waals surface area (Å²) in [5, 5.41) is 5.62. The quantitative estimate of drug-likeness (QED) is 0.518. The number of rotatable bonds is 9. The minimum absolute atomic E-state index is 0.172. The summed E-state index contributed by atoms with van der Waals surface area (Å²) in [6.45, 7) is 1.97. The van der Waals surface area contributed by atoms with E-state index >= 15 is 0 Å². The molecule has 3 N–H and O–H groups in total. The number of aromatic amines is 1. The molecule has 7 heteroatoms. The molecule has 0 aliphatic heterocycles. The number of hydrogen-bond donors (Lipinski definition) is 3. The Morgan fingerprint density at radius 1 is 1.14 bits per heavy atom. The summed E-state index contributed by atoms with van der Waals surface area (Å²) in [6, 6.07) is 14.5. The number of anilines is 1. The second-order valence-corrected chi connectivity index (χ2v) is 6.81. The Balaban J connectivity index is 1.59. The molecule has 1 atom stereocenters. The Hall–Kier alpha value is -3.35. The first-order valence-corrected chi connectivity index (χ1v) is 9.77. The molecule has 152 valence electrons. The molecule has 1 aromatic heterocycles. The van der Waals surface area contributed by atoms with Crippen LogP contribution in [0.5, 0.6) is 5.75 Å². The van der Waals surface area contributed by atoms with Crippen LogP contribution < -0.4 is 15.4 Å². The van der Waals surface area contributed by atoms with E-state index in [9.17, 15) is 9.59 Å². The van der Waals surface area contributed by atoms with E-state index in [-0.39, 0.29) is 18.2 Å². The van der Waals surface area contributed by atoms with Crippen molar-refractivity contribution in [2.24, 2.45) is 0 Å². The zero-order valence-electron chi connectivity index (χ0n) is 16.7. The van der Waals surface area contributed by atoms with E-state index in [1.165, 1.54) is 0 Å². The van der Waals surface area contributed by atoms with E-state index in [0.29, 0.717) is 18.8 Å². The second-order valence-electron chi connectivity index (χ2n) is 6.81. The van der Waals surface area contributed by atoms with Gasteiger partial charge in [-0.25, -0.2) is 4.98 Å². The van der Waals surface area contributed by atoms with Crippen molar-refractivity contribution in [2.45, 2.75) is 38.6 Å². The summed E-state index contributed by atoms with van der Waals surface area (Å²) in [7, 11) is 1.61. The summed E-state index contributed by atoms with van der Waals surface area (Å²) in [5.41, 5.74) is 2.58. The highest BCUT2D eigenvalue weighted by molar-refractivity contribution is 5.97. The topological polar surface area (TPSA) is 96.1 Å². The Kier molecular flexibility index (Phi) is 6.84. The van der Waals surface area contributed by atoms with Gasteiger partial charge in [-0.15, -0.1) is 0 Å².